The van der Waals surface area contributed by atoms with Gasteiger partial charge in [-0.05, 0) is 72.2 Å². The topological polar surface area (TPSA) is 4.93 Å². The second-order valence-corrected chi connectivity index (χ2v) is 8.80. The lowest BCUT2D eigenvalue weighted by Crippen LogP contribution is -1.96. The summed E-state index contributed by atoms with van der Waals surface area (Å²) in [5, 5.41) is 5.24. The van der Waals surface area contributed by atoms with Gasteiger partial charge in [-0.25, -0.2) is 0 Å². The minimum Gasteiger partial charge on any atom is -0.309 e. The van der Waals surface area contributed by atoms with Crippen LogP contribution in [0.3, 0.4) is 0 Å². The quantitative estimate of drug-likeness (QED) is 0.269. The van der Waals surface area contributed by atoms with E-state index in [0.29, 0.717) is 0 Å². The first kappa shape index (κ1) is 18.9. The van der Waals surface area contributed by atoms with E-state index in [0.717, 1.165) is 0 Å². The fourth-order valence-electron chi connectivity index (χ4n) is 5.20. The molecule has 0 aliphatic rings. The second-order valence-electron chi connectivity index (χ2n) is 8.80. The minimum atomic E-state index is 1.23. The molecule has 0 bridgehead atoms. The number of hydrogen-bond donors (Lipinski definition) is 0. The lowest BCUT2D eigenvalue weighted by Gasteiger charge is -2.14. The molecule has 154 valence electrons. The Bertz CT molecular complexity index is 1650. The molecule has 0 amide bonds. The largest absolute Gasteiger partial charge is 0.309 e. The first-order chi connectivity index (χ1) is 15.6. The fraction of sp³-hybridized carbons (Fsp3) is 0.0968. The van der Waals surface area contributed by atoms with E-state index in [1.165, 1.54) is 66.1 Å². The van der Waals surface area contributed by atoms with Gasteiger partial charge in [0.15, 0.2) is 0 Å². The van der Waals surface area contributed by atoms with E-state index in [1.807, 2.05) is 0 Å². The van der Waals surface area contributed by atoms with Crippen molar-refractivity contribution in [2.45, 2.75) is 20.8 Å². The molecule has 0 aliphatic heterocycles. The van der Waals surface area contributed by atoms with Gasteiger partial charge in [0.25, 0.3) is 0 Å². The van der Waals surface area contributed by atoms with Crippen molar-refractivity contribution in [3.8, 4) is 16.8 Å². The van der Waals surface area contributed by atoms with Gasteiger partial charge in [-0.1, -0.05) is 78.9 Å². The zero-order chi connectivity index (χ0) is 21.8. The van der Waals surface area contributed by atoms with Crippen LogP contribution in [0.4, 0.5) is 0 Å². The van der Waals surface area contributed by atoms with E-state index in [-0.39, 0.29) is 0 Å². The number of nitrogens with zero attached hydrogens (tertiary/aromatic N) is 1. The van der Waals surface area contributed by atoms with Gasteiger partial charge in [0.1, 0.15) is 0 Å². The van der Waals surface area contributed by atoms with Gasteiger partial charge in [0, 0.05) is 16.2 Å². The van der Waals surface area contributed by atoms with Crippen LogP contribution in [0.2, 0.25) is 0 Å². The van der Waals surface area contributed by atoms with Crippen LogP contribution in [-0.4, -0.2) is 4.57 Å². The lowest BCUT2D eigenvalue weighted by atomic mass is 9.99. The molecular weight excluding hydrogens is 386 g/mol. The highest BCUT2D eigenvalue weighted by atomic mass is 15.0. The first-order valence-electron chi connectivity index (χ1n) is 11.2. The number of aromatic nitrogens is 1. The van der Waals surface area contributed by atoms with Crippen LogP contribution in [-0.2, 0) is 0 Å². The molecule has 0 saturated carbocycles. The van der Waals surface area contributed by atoms with Crippen molar-refractivity contribution in [2.75, 3.05) is 0 Å². The van der Waals surface area contributed by atoms with Crippen LogP contribution < -0.4 is 0 Å². The summed E-state index contributed by atoms with van der Waals surface area (Å²) < 4.78 is 2.46. The van der Waals surface area contributed by atoms with Gasteiger partial charge < -0.3 is 4.57 Å². The van der Waals surface area contributed by atoms with Gasteiger partial charge in [-0.3, -0.25) is 0 Å². The molecule has 0 saturated heterocycles. The van der Waals surface area contributed by atoms with Crippen LogP contribution in [0.1, 0.15) is 16.7 Å². The summed E-state index contributed by atoms with van der Waals surface area (Å²) in [7, 11) is 0. The summed E-state index contributed by atoms with van der Waals surface area (Å²) in [5.41, 5.74) is 10.2. The number of rotatable bonds is 2. The molecule has 1 heteroatoms. The molecule has 0 radical (unpaired) electrons. The molecule has 6 rings (SSSR count). The molecule has 32 heavy (non-hydrogen) atoms. The van der Waals surface area contributed by atoms with Crippen LogP contribution in [0.15, 0.2) is 97.1 Å². The molecule has 0 unspecified atom stereocenters. The lowest BCUT2D eigenvalue weighted by molar-refractivity contribution is 1.19. The van der Waals surface area contributed by atoms with Gasteiger partial charge >= 0.3 is 0 Å². The summed E-state index contributed by atoms with van der Waals surface area (Å²) in [6.45, 7) is 6.60. The average molecular weight is 412 g/mol. The van der Waals surface area contributed by atoms with E-state index in [1.54, 1.807) is 0 Å². The van der Waals surface area contributed by atoms with Gasteiger partial charge in [-0.15, -0.1) is 0 Å². The van der Waals surface area contributed by atoms with Crippen LogP contribution in [0, 0.1) is 20.8 Å². The van der Waals surface area contributed by atoms with Gasteiger partial charge in [0.2, 0.25) is 0 Å². The standard InChI is InChI=1S/C31H25N/c1-20-9-4-5-11-24(20)23-16-17-27-30(19-23)32(29-14-8-10-22(3)31(27)29)28-18-15-21(2)25-12-6-7-13-26(25)28/h4-19H,1-3H3. The van der Waals surface area contributed by atoms with Crippen molar-refractivity contribution in [1.82, 2.24) is 4.57 Å². The Balaban J connectivity index is 1.78. The van der Waals surface area contributed by atoms with Crippen molar-refractivity contribution < 1.29 is 0 Å². The Morgan fingerprint density at radius 3 is 2.09 bits per heavy atom. The third-order valence-corrected chi connectivity index (χ3v) is 6.82. The summed E-state index contributed by atoms with van der Waals surface area (Å²) >= 11 is 0. The molecule has 1 aromatic heterocycles. The molecule has 0 spiro atoms. The fourth-order valence-corrected chi connectivity index (χ4v) is 5.20. The van der Waals surface area contributed by atoms with Crippen molar-refractivity contribution in [1.29, 1.82) is 0 Å². The third-order valence-electron chi connectivity index (χ3n) is 6.82. The maximum absolute atomic E-state index is 2.46. The van der Waals surface area contributed by atoms with Crippen molar-refractivity contribution in [3.05, 3.63) is 114 Å². The Hall–Kier alpha value is -3.84. The Kier molecular flexibility index (Phi) is 4.19. The molecule has 5 aromatic carbocycles. The highest BCUT2D eigenvalue weighted by Gasteiger charge is 2.17. The molecule has 0 aliphatic carbocycles. The molecule has 0 atom stereocenters. The van der Waals surface area contributed by atoms with Gasteiger partial charge in [-0.2, -0.15) is 0 Å². The first-order valence-corrected chi connectivity index (χ1v) is 11.2. The zero-order valence-electron chi connectivity index (χ0n) is 18.7. The number of aryl methyl sites for hydroxylation is 3. The van der Waals surface area contributed by atoms with E-state index >= 15 is 0 Å². The maximum Gasteiger partial charge on any atom is 0.0547 e. The Labute approximate surface area is 188 Å². The molecular formula is C31H25N. The van der Waals surface area contributed by atoms with Crippen molar-refractivity contribution >= 4 is 32.6 Å². The number of hydrogen-bond acceptors (Lipinski definition) is 0. The zero-order valence-corrected chi connectivity index (χ0v) is 18.7. The summed E-state index contributed by atoms with van der Waals surface area (Å²) in [6, 6.07) is 35.5. The highest BCUT2D eigenvalue weighted by molar-refractivity contribution is 6.13. The third kappa shape index (κ3) is 2.71. The number of benzene rings is 5. The smallest absolute Gasteiger partial charge is 0.0547 e. The average Bonchev–Trinajstić information content (AvgIpc) is 3.14. The van der Waals surface area contributed by atoms with Crippen LogP contribution >= 0.6 is 0 Å². The maximum atomic E-state index is 2.46. The summed E-state index contributed by atoms with van der Waals surface area (Å²) in [5.74, 6) is 0. The van der Waals surface area contributed by atoms with E-state index < -0.39 is 0 Å². The van der Waals surface area contributed by atoms with Crippen molar-refractivity contribution in [3.63, 3.8) is 0 Å². The Morgan fingerprint density at radius 1 is 0.500 bits per heavy atom. The van der Waals surface area contributed by atoms with Crippen LogP contribution in [0.5, 0.6) is 0 Å². The van der Waals surface area contributed by atoms with Crippen LogP contribution in [0.25, 0.3) is 49.4 Å². The highest BCUT2D eigenvalue weighted by Crippen LogP contribution is 2.38. The van der Waals surface area contributed by atoms with Crippen molar-refractivity contribution in [2.24, 2.45) is 0 Å². The molecule has 1 heterocycles. The number of fused-ring (bicyclic) bond motifs is 4. The van der Waals surface area contributed by atoms with E-state index in [9.17, 15) is 0 Å². The molecule has 6 aromatic rings. The SMILES string of the molecule is Cc1ccccc1-c1ccc2c3c(C)cccc3n(-c3ccc(C)c4ccccc34)c2c1. The Morgan fingerprint density at radius 2 is 1.25 bits per heavy atom. The minimum absolute atomic E-state index is 1.23. The predicted octanol–water partition coefficient (Wildman–Crippen LogP) is 8.53. The molecule has 0 N–H and O–H groups in total. The van der Waals surface area contributed by atoms with E-state index in [4.69, 9.17) is 0 Å². The van der Waals surface area contributed by atoms with Gasteiger partial charge in [0.05, 0.1) is 16.7 Å². The molecule has 1 nitrogen and oxygen atoms in total. The normalized spacial score (nSPS) is 11.6. The molecule has 0 fully saturated rings. The second kappa shape index (κ2) is 7.10. The summed E-state index contributed by atoms with van der Waals surface area (Å²) in [6.07, 6.45) is 0. The predicted molar refractivity (Wildman–Crippen MR) is 138 cm³/mol. The monoisotopic (exact) mass is 411 g/mol. The van der Waals surface area contributed by atoms with E-state index in [2.05, 4.69) is 122 Å². The summed E-state index contributed by atoms with van der Waals surface area (Å²) in [4.78, 5) is 0.